The van der Waals surface area contributed by atoms with Crippen molar-refractivity contribution in [2.45, 2.75) is 38.6 Å². The minimum Gasteiger partial charge on any atom is -0.330 e. The van der Waals surface area contributed by atoms with E-state index in [2.05, 4.69) is 24.1 Å². The highest BCUT2D eigenvalue weighted by atomic mass is 16.2. The first kappa shape index (κ1) is 15.6. The molecule has 3 nitrogen and oxygen atoms in total. The molecule has 0 aliphatic carbocycles. The van der Waals surface area contributed by atoms with Gasteiger partial charge < -0.3 is 10.2 Å². The number of carbonyl (C=O) groups excluding carboxylic acids is 1. The average Bonchev–Trinajstić information content (AvgIpc) is 2.54. The van der Waals surface area contributed by atoms with Crippen LogP contribution in [-0.2, 0) is 4.79 Å². The van der Waals surface area contributed by atoms with Gasteiger partial charge in [0.05, 0.1) is 0 Å². The van der Waals surface area contributed by atoms with Crippen LogP contribution in [0.2, 0.25) is 0 Å². The van der Waals surface area contributed by atoms with Gasteiger partial charge in [-0.1, -0.05) is 37.5 Å². The fourth-order valence-corrected chi connectivity index (χ4v) is 2.62. The van der Waals surface area contributed by atoms with Gasteiger partial charge in [-0.2, -0.15) is 0 Å². The summed E-state index contributed by atoms with van der Waals surface area (Å²) in [5, 5.41) is 3.49. The van der Waals surface area contributed by atoms with Gasteiger partial charge in [0.15, 0.2) is 0 Å². The molecule has 1 aromatic rings. The lowest BCUT2D eigenvalue weighted by Crippen LogP contribution is -2.45. The fraction of sp³-hybridized carbons (Fsp3) is 0.500. The van der Waals surface area contributed by atoms with Crippen LogP contribution in [0, 0.1) is 11.8 Å². The molecule has 1 heterocycles. The third-order valence-corrected chi connectivity index (χ3v) is 3.72. The molecule has 1 aliphatic heterocycles. The molecule has 0 aromatic heterocycles. The zero-order valence-electron chi connectivity index (χ0n) is 12.8. The second kappa shape index (κ2) is 8.49. The van der Waals surface area contributed by atoms with Crippen LogP contribution in [0.5, 0.6) is 0 Å². The molecule has 1 aromatic carbocycles. The van der Waals surface area contributed by atoms with Crippen LogP contribution >= 0.6 is 0 Å². The summed E-state index contributed by atoms with van der Waals surface area (Å²) in [6.45, 7) is 4.71. The van der Waals surface area contributed by atoms with Crippen molar-refractivity contribution in [3.63, 3.8) is 0 Å². The number of nitrogens with zero attached hydrogens (tertiary/aromatic N) is 1. The predicted octanol–water partition coefficient (Wildman–Crippen LogP) is 2.42. The largest absolute Gasteiger partial charge is 0.330 e. The van der Waals surface area contributed by atoms with Crippen molar-refractivity contribution >= 4 is 5.91 Å². The van der Waals surface area contributed by atoms with Crippen molar-refractivity contribution in [2.75, 3.05) is 19.6 Å². The molecule has 0 bridgehead atoms. The summed E-state index contributed by atoms with van der Waals surface area (Å²) in [5.41, 5.74) is 0.887. The van der Waals surface area contributed by atoms with E-state index in [1.807, 2.05) is 35.2 Å². The Balaban J connectivity index is 1.96. The normalized spacial score (nSPS) is 17.7. The van der Waals surface area contributed by atoms with Crippen LogP contribution in [0.1, 0.15) is 38.2 Å². The van der Waals surface area contributed by atoms with E-state index >= 15 is 0 Å². The number of benzene rings is 1. The second-order valence-electron chi connectivity index (χ2n) is 5.51. The van der Waals surface area contributed by atoms with E-state index in [1.54, 1.807) is 0 Å². The molecule has 1 amide bonds. The van der Waals surface area contributed by atoms with Gasteiger partial charge in [-0.15, -0.1) is 0 Å². The summed E-state index contributed by atoms with van der Waals surface area (Å²) >= 11 is 0. The standard InChI is InChI=1S/C18H24N2O/c1-2-14-20(15-17-10-6-7-13-19-17)18(21)12-11-16-8-4-3-5-9-16/h3-5,8-9,17,19H,2,6-7,10,13-15H2,1H3. The zero-order chi connectivity index (χ0) is 14.9. The SMILES string of the molecule is CCCN(CC1CCCCN1)C(=O)C#Cc1ccccc1. The Morgan fingerprint density at radius 2 is 2.14 bits per heavy atom. The number of hydrogen-bond donors (Lipinski definition) is 1. The number of piperidine rings is 1. The highest BCUT2D eigenvalue weighted by Crippen LogP contribution is 2.09. The maximum Gasteiger partial charge on any atom is 0.298 e. The summed E-state index contributed by atoms with van der Waals surface area (Å²) in [7, 11) is 0. The van der Waals surface area contributed by atoms with Crippen molar-refractivity contribution in [3.05, 3.63) is 35.9 Å². The quantitative estimate of drug-likeness (QED) is 0.861. The van der Waals surface area contributed by atoms with E-state index in [1.165, 1.54) is 12.8 Å². The molecule has 3 heteroatoms. The van der Waals surface area contributed by atoms with Gasteiger partial charge in [-0.05, 0) is 37.9 Å². The third kappa shape index (κ3) is 5.24. The van der Waals surface area contributed by atoms with Gasteiger partial charge in [-0.25, -0.2) is 0 Å². The molecular weight excluding hydrogens is 260 g/mol. The van der Waals surface area contributed by atoms with Crippen molar-refractivity contribution < 1.29 is 4.79 Å². The monoisotopic (exact) mass is 284 g/mol. The number of carbonyl (C=O) groups is 1. The van der Waals surface area contributed by atoms with Crippen LogP contribution in [0.15, 0.2) is 30.3 Å². The third-order valence-electron chi connectivity index (χ3n) is 3.72. The van der Waals surface area contributed by atoms with E-state index in [4.69, 9.17) is 0 Å². The maximum absolute atomic E-state index is 12.3. The molecule has 0 saturated carbocycles. The highest BCUT2D eigenvalue weighted by Gasteiger charge is 2.18. The van der Waals surface area contributed by atoms with Gasteiger partial charge in [0, 0.05) is 30.6 Å². The van der Waals surface area contributed by atoms with Gasteiger partial charge in [0.2, 0.25) is 0 Å². The molecule has 0 radical (unpaired) electrons. The van der Waals surface area contributed by atoms with Crippen LogP contribution in [-0.4, -0.2) is 36.5 Å². The minimum absolute atomic E-state index is 0.0620. The summed E-state index contributed by atoms with van der Waals surface area (Å²) in [4.78, 5) is 14.2. The Morgan fingerprint density at radius 3 is 2.81 bits per heavy atom. The van der Waals surface area contributed by atoms with Crippen molar-refractivity contribution in [1.82, 2.24) is 10.2 Å². The Bertz CT molecular complexity index is 495. The molecule has 21 heavy (non-hydrogen) atoms. The number of rotatable bonds is 4. The first-order chi connectivity index (χ1) is 10.3. The van der Waals surface area contributed by atoms with E-state index in [0.717, 1.165) is 38.0 Å². The van der Waals surface area contributed by atoms with Gasteiger partial charge in [0.1, 0.15) is 0 Å². The van der Waals surface area contributed by atoms with E-state index in [9.17, 15) is 4.79 Å². The summed E-state index contributed by atoms with van der Waals surface area (Å²) in [5.74, 6) is 5.68. The van der Waals surface area contributed by atoms with Crippen LogP contribution in [0.25, 0.3) is 0 Å². The molecule has 1 aliphatic rings. The van der Waals surface area contributed by atoms with E-state index in [-0.39, 0.29) is 5.91 Å². The topological polar surface area (TPSA) is 32.3 Å². The highest BCUT2D eigenvalue weighted by molar-refractivity contribution is 5.94. The number of hydrogen-bond acceptors (Lipinski definition) is 2. The van der Waals surface area contributed by atoms with Gasteiger partial charge in [0.25, 0.3) is 5.91 Å². The minimum atomic E-state index is -0.0620. The molecule has 1 fully saturated rings. The first-order valence-corrected chi connectivity index (χ1v) is 7.89. The molecule has 0 spiro atoms. The van der Waals surface area contributed by atoms with Gasteiger partial charge >= 0.3 is 0 Å². The number of amides is 1. The van der Waals surface area contributed by atoms with Crippen molar-refractivity contribution in [2.24, 2.45) is 0 Å². The fourth-order valence-electron chi connectivity index (χ4n) is 2.62. The Hall–Kier alpha value is -1.79. The number of nitrogens with one attached hydrogen (secondary N) is 1. The summed E-state index contributed by atoms with van der Waals surface area (Å²) in [6, 6.07) is 10.1. The van der Waals surface area contributed by atoms with E-state index in [0.29, 0.717) is 6.04 Å². The molecule has 2 rings (SSSR count). The van der Waals surface area contributed by atoms with Crippen molar-refractivity contribution in [3.8, 4) is 11.8 Å². The Morgan fingerprint density at radius 1 is 1.33 bits per heavy atom. The van der Waals surface area contributed by atoms with Crippen LogP contribution in [0.4, 0.5) is 0 Å². The lowest BCUT2D eigenvalue weighted by molar-refractivity contribution is -0.125. The second-order valence-corrected chi connectivity index (χ2v) is 5.51. The summed E-state index contributed by atoms with van der Waals surface area (Å²) < 4.78 is 0. The van der Waals surface area contributed by atoms with E-state index < -0.39 is 0 Å². The van der Waals surface area contributed by atoms with Crippen LogP contribution in [0.3, 0.4) is 0 Å². The van der Waals surface area contributed by atoms with Crippen molar-refractivity contribution in [1.29, 1.82) is 0 Å². The molecule has 1 unspecified atom stereocenters. The van der Waals surface area contributed by atoms with Gasteiger partial charge in [-0.3, -0.25) is 4.79 Å². The molecule has 1 atom stereocenters. The molecule has 1 saturated heterocycles. The maximum atomic E-state index is 12.3. The zero-order valence-corrected chi connectivity index (χ0v) is 12.8. The Kier molecular flexibility index (Phi) is 6.30. The molecule has 112 valence electrons. The smallest absolute Gasteiger partial charge is 0.298 e. The lowest BCUT2D eigenvalue weighted by Gasteiger charge is -2.29. The molecular formula is C18H24N2O. The summed E-state index contributed by atoms with van der Waals surface area (Å²) in [6.07, 6.45) is 4.61. The average molecular weight is 284 g/mol. The predicted molar refractivity (Wildman–Crippen MR) is 85.8 cm³/mol. The molecule has 1 N–H and O–H groups in total. The Labute approximate surface area is 127 Å². The van der Waals surface area contributed by atoms with Crippen LogP contribution < -0.4 is 5.32 Å². The first-order valence-electron chi connectivity index (χ1n) is 7.89. The lowest BCUT2D eigenvalue weighted by atomic mass is 10.0.